The molecule has 4 atom stereocenters. The van der Waals surface area contributed by atoms with Crippen molar-refractivity contribution < 1.29 is 13.7 Å². The van der Waals surface area contributed by atoms with Gasteiger partial charge in [-0.15, -0.1) is 0 Å². The third kappa shape index (κ3) is 2.95. The van der Waals surface area contributed by atoms with Gasteiger partial charge in [0.1, 0.15) is 28.8 Å². The van der Waals surface area contributed by atoms with E-state index >= 15 is 0 Å². The summed E-state index contributed by atoms with van der Waals surface area (Å²) in [4.78, 5) is 16.2. The highest BCUT2D eigenvalue weighted by Crippen LogP contribution is 2.41. The van der Waals surface area contributed by atoms with Crippen molar-refractivity contribution in [1.29, 1.82) is 0 Å². The first-order chi connectivity index (χ1) is 14.7. The fraction of sp³-hybridized carbons (Fsp3) is 0.476. The summed E-state index contributed by atoms with van der Waals surface area (Å²) in [6, 6.07) is 8.18. The molecule has 156 valence electrons. The van der Waals surface area contributed by atoms with Crippen LogP contribution < -0.4 is 5.32 Å². The van der Waals surface area contributed by atoms with Gasteiger partial charge in [0.25, 0.3) is 0 Å². The minimum absolute atomic E-state index is 0.120. The molecule has 3 aliphatic rings. The number of aliphatic hydroxyl groups is 1. The van der Waals surface area contributed by atoms with E-state index in [-0.39, 0.29) is 5.92 Å². The molecule has 2 aromatic heterocycles. The van der Waals surface area contributed by atoms with Crippen LogP contribution in [0.5, 0.6) is 0 Å². The zero-order valence-electron chi connectivity index (χ0n) is 16.4. The summed E-state index contributed by atoms with van der Waals surface area (Å²) in [6.07, 6.45) is 3.49. The molecule has 1 saturated heterocycles. The number of anilines is 1. The van der Waals surface area contributed by atoms with Gasteiger partial charge in [-0.3, -0.25) is 9.11 Å². The van der Waals surface area contributed by atoms with Crippen LogP contribution >= 0.6 is 0 Å². The molecule has 0 radical (unpaired) electrons. The maximum atomic E-state index is 12.3. The Morgan fingerprint density at radius 2 is 2.10 bits per heavy atom. The molecule has 0 spiro atoms. The number of rotatable bonds is 5. The van der Waals surface area contributed by atoms with Gasteiger partial charge >= 0.3 is 0 Å². The van der Waals surface area contributed by atoms with Crippen LogP contribution in [0, 0.1) is 5.92 Å². The lowest BCUT2D eigenvalue weighted by molar-refractivity contribution is -0.0482. The van der Waals surface area contributed by atoms with Crippen LogP contribution in [0.4, 0.5) is 5.82 Å². The van der Waals surface area contributed by atoms with E-state index in [0.29, 0.717) is 34.8 Å². The zero-order valence-corrected chi connectivity index (χ0v) is 17.2. The van der Waals surface area contributed by atoms with Crippen molar-refractivity contribution in [1.82, 2.24) is 19.9 Å². The predicted molar refractivity (Wildman–Crippen MR) is 111 cm³/mol. The number of fused-ring (bicyclic) bond motifs is 2. The van der Waals surface area contributed by atoms with Crippen molar-refractivity contribution in [3.05, 3.63) is 42.2 Å². The van der Waals surface area contributed by atoms with Gasteiger partial charge in [-0.05, 0) is 25.0 Å². The molecule has 4 heterocycles. The molecule has 2 aliphatic heterocycles. The number of nitrogens with one attached hydrogen (secondary N) is 1. The van der Waals surface area contributed by atoms with Crippen molar-refractivity contribution in [2.45, 2.75) is 42.3 Å². The second-order valence-corrected chi connectivity index (χ2v) is 9.87. The Balaban J connectivity index is 1.10. The van der Waals surface area contributed by atoms with Crippen LogP contribution in [0.1, 0.15) is 30.3 Å². The Labute approximate surface area is 176 Å². The van der Waals surface area contributed by atoms with Gasteiger partial charge in [0.2, 0.25) is 5.89 Å². The molecule has 8 nitrogen and oxygen atoms in total. The van der Waals surface area contributed by atoms with E-state index in [9.17, 15) is 9.32 Å². The second kappa shape index (κ2) is 7.11. The Morgan fingerprint density at radius 3 is 2.90 bits per heavy atom. The summed E-state index contributed by atoms with van der Waals surface area (Å²) in [5.41, 5.74) is 2.57. The Hall–Kier alpha value is -2.36. The number of aryl methyl sites for hydroxylation is 1. The number of oxazole rings is 1. The molecule has 1 aromatic carbocycles. The van der Waals surface area contributed by atoms with Gasteiger partial charge < -0.3 is 14.8 Å². The number of aliphatic hydroxyl groups excluding tert-OH is 1. The van der Waals surface area contributed by atoms with Crippen molar-refractivity contribution in [2.75, 3.05) is 24.2 Å². The summed E-state index contributed by atoms with van der Waals surface area (Å²) in [6.45, 7) is 1.79. The molecular formula is C21H23N5O3S. The summed E-state index contributed by atoms with van der Waals surface area (Å²) in [5.74, 6) is 2.32. The third-order valence-electron chi connectivity index (χ3n) is 6.65. The molecule has 1 aliphatic carbocycles. The topological polar surface area (TPSA) is 104 Å². The van der Waals surface area contributed by atoms with Crippen LogP contribution in [0.2, 0.25) is 0 Å². The van der Waals surface area contributed by atoms with Crippen molar-refractivity contribution in [3.8, 4) is 0 Å². The average Bonchev–Trinajstić information content (AvgIpc) is 3.27. The minimum atomic E-state index is -1.09. The standard InChI is InChI=1S/C21H23N5O3S/c27-20(25-19-18-15(22-11-23-19)7-8-30(18)28)13-5-6-16(13)26-9-12(10-26)21-24-14-3-1-2-4-17(14)29-21/h1-4,11-13,16,20,27H,5-10H2,(H,22,23,25)/t13?,16?,20-,30?/m1/s1. The molecular weight excluding hydrogens is 402 g/mol. The number of likely N-dealkylation sites (tertiary alicyclic amines) is 1. The Bertz CT molecular complexity index is 1100. The van der Waals surface area contributed by atoms with Gasteiger partial charge in [0.15, 0.2) is 5.58 Å². The SMILES string of the molecule is O=S1CCc2ncnc(N[C@H](O)C3CCC3N3CC(c4nc5ccccc5o4)C3)c21. The van der Waals surface area contributed by atoms with E-state index in [1.165, 1.54) is 6.33 Å². The molecule has 0 bridgehead atoms. The van der Waals surface area contributed by atoms with E-state index in [0.717, 1.165) is 48.6 Å². The monoisotopic (exact) mass is 425 g/mol. The first kappa shape index (κ1) is 18.4. The van der Waals surface area contributed by atoms with Crippen LogP contribution in [-0.2, 0) is 17.2 Å². The highest BCUT2D eigenvalue weighted by Gasteiger charge is 2.46. The minimum Gasteiger partial charge on any atom is -0.440 e. The van der Waals surface area contributed by atoms with Gasteiger partial charge in [0, 0.05) is 37.2 Å². The Morgan fingerprint density at radius 1 is 1.23 bits per heavy atom. The normalized spacial score (nSPS) is 27.4. The van der Waals surface area contributed by atoms with Crippen molar-refractivity contribution in [2.24, 2.45) is 5.92 Å². The quantitative estimate of drug-likeness (QED) is 0.597. The lowest BCUT2D eigenvalue weighted by Gasteiger charge is -2.52. The second-order valence-electron chi connectivity index (χ2n) is 8.37. The smallest absolute Gasteiger partial charge is 0.201 e. The predicted octanol–water partition coefficient (Wildman–Crippen LogP) is 1.89. The van der Waals surface area contributed by atoms with Gasteiger partial charge in [-0.25, -0.2) is 15.0 Å². The zero-order chi connectivity index (χ0) is 20.2. The van der Waals surface area contributed by atoms with E-state index < -0.39 is 17.0 Å². The number of hydrogen-bond donors (Lipinski definition) is 2. The summed E-state index contributed by atoms with van der Waals surface area (Å²) in [7, 11) is -1.09. The number of aromatic nitrogens is 3. The number of benzene rings is 1. The summed E-state index contributed by atoms with van der Waals surface area (Å²) in [5, 5.41) is 14.0. The van der Waals surface area contributed by atoms with Crippen LogP contribution in [0.15, 0.2) is 39.9 Å². The van der Waals surface area contributed by atoms with E-state index in [1.807, 2.05) is 24.3 Å². The number of nitrogens with zero attached hydrogens (tertiary/aromatic N) is 4. The highest BCUT2D eigenvalue weighted by molar-refractivity contribution is 7.85. The van der Waals surface area contributed by atoms with Gasteiger partial charge in [-0.2, -0.15) is 0 Å². The fourth-order valence-electron chi connectivity index (χ4n) is 4.80. The highest BCUT2D eigenvalue weighted by atomic mass is 32.2. The van der Waals surface area contributed by atoms with E-state index in [1.54, 1.807) is 0 Å². The van der Waals surface area contributed by atoms with Crippen LogP contribution in [0.3, 0.4) is 0 Å². The molecule has 6 rings (SSSR count). The van der Waals surface area contributed by atoms with Gasteiger partial charge in [0.05, 0.1) is 22.4 Å². The van der Waals surface area contributed by atoms with E-state index in [4.69, 9.17) is 4.42 Å². The van der Waals surface area contributed by atoms with Crippen LogP contribution in [-0.4, -0.2) is 60.3 Å². The molecule has 3 unspecified atom stereocenters. The van der Waals surface area contributed by atoms with Crippen molar-refractivity contribution in [3.63, 3.8) is 0 Å². The summed E-state index contributed by atoms with van der Waals surface area (Å²) >= 11 is 0. The van der Waals surface area contributed by atoms with Gasteiger partial charge in [-0.1, -0.05) is 12.1 Å². The lowest BCUT2D eigenvalue weighted by Crippen LogP contribution is -2.60. The molecule has 30 heavy (non-hydrogen) atoms. The number of hydrogen-bond acceptors (Lipinski definition) is 8. The molecule has 2 N–H and O–H groups in total. The first-order valence-electron chi connectivity index (χ1n) is 10.4. The maximum Gasteiger partial charge on any atom is 0.201 e. The molecule has 3 aromatic rings. The molecule has 2 fully saturated rings. The third-order valence-corrected chi connectivity index (χ3v) is 8.11. The van der Waals surface area contributed by atoms with E-state index in [2.05, 4.69) is 25.2 Å². The fourth-order valence-corrected chi connectivity index (χ4v) is 6.13. The molecule has 1 saturated carbocycles. The molecule has 0 amide bonds. The number of para-hydroxylation sites is 2. The average molecular weight is 426 g/mol. The summed E-state index contributed by atoms with van der Waals surface area (Å²) < 4.78 is 18.2. The first-order valence-corrected chi connectivity index (χ1v) is 11.8. The largest absolute Gasteiger partial charge is 0.440 e. The van der Waals surface area contributed by atoms with Crippen LogP contribution in [0.25, 0.3) is 11.1 Å². The van der Waals surface area contributed by atoms with Crippen molar-refractivity contribution >= 4 is 27.7 Å². The molecule has 9 heteroatoms. The lowest BCUT2D eigenvalue weighted by atomic mass is 9.75. The maximum absolute atomic E-state index is 12.3. The Kier molecular flexibility index (Phi) is 4.36.